The smallest absolute Gasteiger partial charge is 0.0102 e. The van der Waals surface area contributed by atoms with Crippen LogP contribution >= 0.6 is 0 Å². The summed E-state index contributed by atoms with van der Waals surface area (Å²) in [6.07, 6.45) is 6.13. The van der Waals surface area contributed by atoms with Crippen LogP contribution in [0, 0.1) is 6.42 Å². The molecule has 0 aromatic heterocycles. The van der Waals surface area contributed by atoms with Gasteiger partial charge in [0, 0.05) is 6.04 Å². The molecule has 1 aromatic rings. The van der Waals surface area contributed by atoms with Crippen LogP contribution in [0.15, 0.2) is 30.3 Å². The second kappa shape index (κ2) is 4.43. The van der Waals surface area contributed by atoms with Crippen LogP contribution < -0.4 is 5.32 Å². The minimum absolute atomic E-state index is 0.653. The Kier molecular flexibility index (Phi) is 2.98. The summed E-state index contributed by atoms with van der Waals surface area (Å²) in [4.78, 5) is 0. The zero-order chi connectivity index (χ0) is 8.93. The van der Waals surface area contributed by atoms with E-state index in [-0.39, 0.29) is 0 Å². The minimum Gasteiger partial charge on any atom is -0.314 e. The highest BCUT2D eigenvalue weighted by Crippen LogP contribution is 2.11. The van der Waals surface area contributed by atoms with Crippen molar-refractivity contribution in [3.05, 3.63) is 42.3 Å². The molecule has 1 heteroatoms. The Balaban J connectivity index is 1.79. The Morgan fingerprint density at radius 3 is 2.85 bits per heavy atom. The molecule has 0 bridgehead atoms. The molecule has 1 aliphatic rings. The summed E-state index contributed by atoms with van der Waals surface area (Å²) in [7, 11) is 0. The van der Waals surface area contributed by atoms with E-state index in [1.54, 1.807) is 0 Å². The molecule has 1 saturated heterocycles. The van der Waals surface area contributed by atoms with Gasteiger partial charge < -0.3 is 5.32 Å². The van der Waals surface area contributed by atoms with Crippen molar-refractivity contribution >= 4 is 0 Å². The molecular formula is C12H16N. The van der Waals surface area contributed by atoms with Crippen LogP contribution in [0.25, 0.3) is 0 Å². The van der Waals surface area contributed by atoms with Crippen molar-refractivity contribution in [3.8, 4) is 0 Å². The van der Waals surface area contributed by atoms with Gasteiger partial charge in [-0.05, 0) is 37.8 Å². The fraction of sp³-hybridized carbons (Fsp3) is 0.417. The van der Waals surface area contributed by atoms with Gasteiger partial charge in [-0.3, -0.25) is 0 Å². The van der Waals surface area contributed by atoms with Crippen molar-refractivity contribution in [2.75, 3.05) is 6.54 Å². The molecule has 1 aromatic carbocycles. The third kappa shape index (κ3) is 2.56. The van der Waals surface area contributed by atoms with E-state index in [4.69, 9.17) is 0 Å². The zero-order valence-corrected chi connectivity index (χ0v) is 7.87. The van der Waals surface area contributed by atoms with Crippen LogP contribution in [0.1, 0.15) is 18.4 Å². The fourth-order valence-electron chi connectivity index (χ4n) is 1.81. The summed E-state index contributed by atoms with van der Waals surface area (Å²) >= 11 is 0. The van der Waals surface area contributed by atoms with Crippen molar-refractivity contribution in [2.45, 2.75) is 25.3 Å². The highest BCUT2D eigenvalue weighted by Gasteiger charge is 2.13. The first-order valence-corrected chi connectivity index (χ1v) is 5.06. The molecule has 1 radical (unpaired) electrons. The van der Waals surface area contributed by atoms with Crippen LogP contribution in [0.4, 0.5) is 0 Å². The maximum absolute atomic E-state index is 3.47. The van der Waals surface area contributed by atoms with E-state index in [2.05, 4.69) is 42.1 Å². The zero-order valence-electron chi connectivity index (χ0n) is 7.87. The molecule has 1 N–H and O–H groups in total. The molecular weight excluding hydrogens is 158 g/mol. The first-order valence-electron chi connectivity index (χ1n) is 5.06. The Hall–Kier alpha value is -0.820. The SMILES string of the molecule is [CH](Cc1ccccc1)C1CCCN1. The average Bonchev–Trinajstić information content (AvgIpc) is 2.69. The van der Waals surface area contributed by atoms with Gasteiger partial charge in [0.2, 0.25) is 0 Å². The molecule has 1 atom stereocenters. The lowest BCUT2D eigenvalue weighted by Gasteiger charge is -2.08. The molecule has 13 heavy (non-hydrogen) atoms. The normalized spacial score (nSPS) is 22.0. The number of hydrogen-bond donors (Lipinski definition) is 1. The first-order chi connectivity index (χ1) is 6.45. The highest BCUT2D eigenvalue weighted by molar-refractivity contribution is 5.17. The predicted molar refractivity (Wildman–Crippen MR) is 55.5 cm³/mol. The van der Waals surface area contributed by atoms with Crippen molar-refractivity contribution in [1.82, 2.24) is 5.32 Å². The molecule has 1 nitrogen and oxygen atoms in total. The quantitative estimate of drug-likeness (QED) is 0.740. The third-order valence-corrected chi connectivity index (χ3v) is 2.58. The second-order valence-electron chi connectivity index (χ2n) is 3.63. The van der Waals surface area contributed by atoms with Gasteiger partial charge in [-0.25, -0.2) is 0 Å². The van der Waals surface area contributed by atoms with Crippen LogP contribution in [-0.4, -0.2) is 12.6 Å². The van der Waals surface area contributed by atoms with E-state index in [1.807, 2.05) is 0 Å². The van der Waals surface area contributed by atoms with Crippen molar-refractivity contribution in [3.63, 3.8) is 0 Å². The largest absolute Gasteiger partial charge is 0.314 e. The summed E-state index contributed by atoms with van der Waals surface area (Å²) in [5.41, 5.74) is 1.41. The number of benzene rings is 1. The Morgan fingerprint density at radius 2 is 2.15 bits per heavy atom. The van der Waals surface area contributed by atoms with E-state index in [1.165, 1.54) is 24.9 Å². The fourth-order valence-corrected chi connectivity index (χ4v) is 1.81. The van der Waals surface area contributed by atoms with E-state index in [9.17, 15) is 0 Å². The molecule has 1 unspecified atom stereocenters. The lowest BCUT2D eigenvalue weighted by Crippen LogP contribution is -2.22. The molecule has 1 aliphatic heterocycles. The summed E-state index contributed by atoms with van der Waals surface area (Å²) in [5, 5.41) is 3.47. The second-order valence-corrected chi connectivity index (χ2v) is 3.63. The molecule has 1 fully saturated rings. The van der Waals surface area contributed by atoms with Gasteiger partial charge >= 0.3 is 0 Å². The van der Waals surface area contributed by atoms with Gasteiger partial charge in [0.25, 0.3) is 0 Å². The predicted octanol–water partition coefficient (Wildman–Crippen LogP) is 2.19. The Labute approximate surface area is 80.2 Å². The van der Waals surface area contributed by atoms with Crippen molar-refractivity contribution in [1.29, 1.82) is 0 Å². The van der Waals surface area contributed by atoms with E-state index in [0.717, 1.165) is 6.42 Å². The highest BCUT2D eigenvalue weighted by atomic mass is 14.9. The van der Waals surface area contributed by atoms with Crippen molar-refractivity contribution in [2.24, 2.45) is 0 Å². The lowest BCUT2D eigenvalue weighted by molar-refractivity contribution is 0.666. The summed E-state index contributed by atoms with van der Waals surface area (Å²) in [6, 6.07) is 11.3. The van der Waals surface area contributed by atoms with Gasteiger partial charge in [-0.2, -0.15) is 0 Å². The summed E-state index contributed by atoms with van der Waals surface area (Å²) in [6.45, 7) is 1.19. The first kappa shape index (κ1) is 8.76. The van der Waals surface area contributed by atoms with Crippen LogP contribution in [0.2, 0.25) is 0 Å². The number of nitrogens with one attached hydrogen (secondary N) is 1. The molecule has 2 rings (SSSR count). The monoisotopic (exact) mass is 174 g/mol. The Bertz CT molecular complexity index is 237. The van der Waals surface area contributed by atoms with E-state index in [0.29, 0.717) is 6.04 Å². The van der Waals surface area contributed by atoms with Gasteiger partial charge in [0.1, 0.15) is 0 Å². The van der Waals surface area contributed by atoms with E-state index < -0.39 is 0 Å². The number of rotatable bonds is 3. The molecule has 0 spiro atoms. The maximum atomic E-state index is 3.47. The maximum Gasteiger partial charge on any atom is 0.0102 e. The standard InChI is InChI=1S/C12H16N/c1-2-5-11(6-3-1)8-9-12-7-4-10-13-12/h1-3,5-6,9,12-13H,4,7-8,10H2. The molecule has 0 amide bonds. The minimum atomic E-state index is 0.653. The topological polar surface area (TPSA) is 12.0 Å². The Morgan fingerprint density at radius 1 is 1.31 bits per heavy atom. The van der Waals surface area contributed by atoms with E-state index >= 15 is 0 Å². The van der Waals surface area contributed by atoms with Gasteiger partial charge in [0.05, 0.1) is 0 Å². The number of hydrogen-bond acceptors (Lipinski definition) is 1. The molecule has 1 heterocycles. The average molecular weight is 174 g/mol. The van der Waals surface area contributed by atoms with Crippen LogP contribution in [0.3, 0.4) is 0 Å². The van der Waals surface area contributed by atoms with Crippen molar-refractivity contribution < 1.29 is 0 Å². The van der Waals surface area contributed by atoms with Gasteiger partial charge in [0.15, 0.2) is 0 Å². The molecule has 0 aliphatic carbocycles. The molecule has 69 valence electrons. The van der Waals surface area contributed by atoms with Crippen LogP contribution in [-0.2, 0) is 6.42 Å². The third-order valence-electron chi connectivity index (χ3n) is 2.58. The van der Waals surface area contributed by atoms with Gasteiger partial charge in [-0.15, -0.1) is 0 Å². The molecule has 0 saturated carbocycles. The summed E-state index contributed by atoms with van der Waals surface area (Å²) in [5.74, 6) is 0. The summed E-state index contributed by atoms with van der Waals surface area (Å²) < 4.78 is 0. The van der Waals surface area contributed by atoms with Gasteiger partial charge in [-0.1, -0.05) is 30.3 Å². The lowest BCUT2D eigenvalue weighted by atomic mass is 10.0. The van der Waals surface area contributed by atoms with Crippen LogP contribution in [0.5, 0.6) is 0 Å².